The summed E-state index contributed by atoms with van der Waals surface area (Å²) < 4.78 is 0. The zero-order valence-corrected chi connectivity index (χ0v) is 13.1. The lowest BCUT2D eigenvalue weighted by Gasteiger charge is -2.33. The molecule has 1 aliphatic heterocycles. The van der Waals surface area contributed by atoms with E-state index in [9.17, 15) is 9.59 Å². The summed E-state index contributed by atoms with van der Waals surface area (Å²) in [4.78, 5) is 25.0. The van der Waals surface area contributed by atoms with Gasteiger partial charge in [0.05, 0.1) is 0 Å². The average molecular weight is 286 g/mol. The summed E-state index contributed by atoms with van der Waals surface area (Å²) in [7, 11) is 0. The summed E-state index contributed by atoms with van der Waals surface area (Å²) in [5.41, 5.74) is 2.06. The van der Waals surface area contributed by atoms with Gasteiger partial charge in [-0.25, -0.2) is 5.84 Å². The van der Waals surface area contributed by atoms with Crippen molar-refractivity contribution in [2.45, 2.75) is 40.0 Å². The maximum atomic E-state index is 10.4. The lowest BCUT2D eigenvalue weighted by atomic mass is 10.2. The first-order chi connectivity index (χ1) is 9.53. The molecule has 0 saturated carbocycles. The Balaban J connectivity index is 0.000000396. The van der Waals surface area contributed by atoms with Gasteiger partial charge in [0.15, 0.2) is 0 Å². The third-order valence-electron chi connectivity index (χ3n) is 3.10. The summed E-state index contributed by atoms with van der Waals surface area (Å²) >= 11 is 0. The van der Waals surface area contributed by atoms with Crippen molar-refractivity contribution in [1.82, 2.24) is 15.2 Å². The Morgan fingerprint density at radius 3 is 2.30 bits per heavy atom. The van der Waals surface area contributed by atoms with Crippen LogP contribution in [0.2, 0.25) is 0 Å². The standard InChI is InChI=1S/C9H18N2O.C5H12N2O/c1-9(2)7-10-3-5-11(8-12)6-4-10;1-2-3-4-5(8)7-6/h8-9H,3-7H2,1-2H3;2-4,6H2,1H3,(H,7,8). The number of carbonyl (C=O) groups excluding carboxylic acids is 2. The van der Waals surface area contributed by atoms with Crippen LogP contribution in [0, 0.1) is 5.92 Å². The molecular formula is C14H30N4O2. The van der Waals surface area contributed by atoms with Crippen LogP contribution in [0.3, 0.4) is 0 Å². The Bertz CT molecular complexity index is 264. The fourth-order valence-corrected chi connectivity index (χ4v) is 1.98. The SMILES string of the molecule is CC(C)CN1CCN(C=O)CC1.CCCCC(=O)NN. The molecule has 1 rings (SSSR count). The van der Waals surface area contributed by atoms with Crippen LogP contribution in [-0.2, 0) is 9.59 Å². The number of hydrazine groups is 1. The molecule has 0 aromatic rings. The molecule has 0 aliphatic carbocycles. The van der Waals surface area contributed by atoms with E-state index in [1.54, 1.807) is 0 Å². The van der Waals surface area contributed by atoms with Crippen molar-refractivity contribution in [2.24, 2.45) is 11.8 Å². The maximum Gasteiger partial charge on any atom is 0.233 e. The third-order valence-corrected chi connectivity index (χ3v) is 3.10. The van der Waals surface area contributed by atoms with Gasteiger partial charge < -0.3 is 4.90 Å². The van der Waals surface area contributed by atoms with E-state index in [0.29, 0.717) is 6.42 Å². The van der Waals surface area contributed by atoms with Crippen LogP contribution in [0.25, 0.3) is 0 Å². The monoisotopic (exact) mass is 286 g/mol. The van der Waals surface area contributed by atoms with Crippen molar-refractivity contribution in [3.8, 4) is 0 Å². The summed E-state index contributed by atoms with van der Waals surface area (Å²) in [6.45, 7) is 11.5. The van der Waals surface area contributed by atoms with Crippen LogP contribution in [0.5, 0.6) is 0 Å². The molecule has 3 N–H and O–H groups in total. The number of unbranched alkanes of at least 4 members (excludes halogenated alkanes) is 1. The van der Waals surface area contributed by atoms with Gasteiger partial charge >= 0.3 is 0 Å². The van der Waals surface area contributed by atoms with Crippen molar-refractivity contribution in [3.05, 3.63) is 0 Å². The molecule has 0 aromatic heterocycles. The van der Waals surface area contributed by atoms with Gasteiger partial charge in [-0.05, 0) is 12.3 Å². The van der Waals surface area contributed by atoms with Gasteiger partial charge in [0, 0.05) is 39.1 Å². The summed E-state index contributed by atoms with van der Waals surface area (Å²) in [5.74, 6) is 5.47. The second-order valence-corrected chi connectivity index (χ2v) is 5.51. The molecule has 20 heavy (non-hydrogen) atoms. The first kappa shape index (κ1) is 18.9. The zero-order valence-electron chi connectivity index (χ0n) is 13.1. The molecule has 0 spiro atoms. The number of hydrogen-bond acceptors (Lipinski definition) is 4. The molecule has 6 heteroatoms. The predicted molar refractivity (Wildman–Crippen MR) is 80.8 cm³/mol. The van der Waals surface area contributed by atoms with Crippen molar-refractivity contribution in [1.29, 1.82) is 0 Å². The quantitative estimate of drug-likeness (QED) is 0.324. The van der Waals surface area contributed by atoms with Crippen LogP contribution >= 0.6 is 0 Å². The molecule has 1 fully saturated rings. The minimum Gasteiger partial charge on any atom is -0.343 e. The summed E-state index contributed by atoms with van der Waals surface area (Å²) in [6.07, 6.45) is 3.45. The van der Waals surface area contributed by atoms with Gasteiger partial charge in [0.2, 0.25) is 12.3 Å². The predicted octanol–water partition coefficient (Wildman–Crippen LogP) is 0.583. The highest BCUT2D eigenvalue weighted by atomic mass is 16.2. The second-order valence-electron chi connectivity index (χ2n) is 5.51. The highest BCUT2D eigenvalue weighted by Gasteiger charge is 2.15. The Hall–Kier alpha value is -1.14. The van der Waals surface area contributed by atoms with Crippen LogP contribution in [0.1, 0.15) is 40.0 Å². The second kappa shape index (κ2) is 11.7. The van der Waals surface area contributed by atoms with Crippen LogP contribution in [-0.4, -0.2) is 54.8 Å². The number of nitrogens with two attached hydrogens (primary N) is 1. The number of nitrogens with zero attached hydrogens (tertiary/aromatic N) is 2. The minimum absolute atomic E-state index is 0.0770. The van der Waals surface area contributed by atoms with E-state index in [4.69, 9.17) is 5.84 Å². The highest BCUT2D eigenvalue weighted by Crippen LogP contribution is 2.03. The average Bonchev–Trinajstić information content (AvgIpc) is 2.45. The van der Waals surface area contributed by atoms with Crippen molar-refractivity contribution in [2.75, 3.05) is 32.7 Å². The summed E-state index contributed by atoms with van der Waals surface area (Å²) in [5, 5.41) is 0. The molecule has 0 atom stereocenters. The molecule has 1 aliphatic rings. The number of nitrogens with one attached hydrogen (secondary N) is 1. The van der Waals surface area contributed by atoms with E-state index < -0.39 is 0 Å². The molecule has 0 bridgehead atoms. The van der Waals surface area contributed by atoms with Gasteiger partial charge in [-0.1, -0.05) is 27.2 Å². The largest absolute Gasteiger partial charge is 0.343 e. The van der Waals surface area contributed by atoms with E-state index in [1.165, 1.54) is 0 Å². The van der Waals surface area contributed by atoms with Gasteiger partial charge in [0.25, 0.3) is 0 Å². The molecule has 6 nitrogen and oxygen atoms in total. The normalized spacial score (nSPS) is 15.6. The van der Waals surface area contributed by atoms with Gasteiger partial charge in [-0.3, -0.25) is 19.9 Å². The van der Waals surface area contributed by atoms with Gasteiger partial charge in [-0.2, -0.15) is 0 Å². The number of hydrogen-bond donors (Lipinski definition) is 2. The van der Waals surface area contributed by atoms with Crippen LogP contribution < -0.4 is 11.3 Å². The third kappa shape index (κ3) is 9.75. The van der Waals surface area contributed by atoms with Crippen molar-refractivity contribution in [3.63, 3.8) is 0 Å². The Morgan fingerprint density at radius 2 is 1.90 bits per heavy atom. The fourth-order valence-electron chi connectivity index (χ4n) is 1.98. The molecule has 0 radical (unpaired) electrons. The van der Waals surface area contributed by atoms with Crippen LogP contribution in [0.4, 0.5) is 0 Å². The fraction of sp³-hybridized carbons (Fsp3) is 0.857. The smallest absolute Gasteiger partial charge is 0.233 e. The van der Waals surface area contributed by atoms with E-state index >= 15 is 0 Å². The number of amides is 2. The molecule has 0 aromatic carbocycles. The van der Waals surface area contributed by atoms with E-state index in [0.717, 1.165) is 57.9 Å². The molecule has 1 heterocycles. The molecule has 2 amide bonds. The van der Waals surface area contributed by atoms with E-state index in [-0.39, 0.29) is 5.91 Å². The van der Waals surface area contributed by atoms with Gasteiger partial charge in [0.1, 0.15) is 0 Å². The maximum absolute atomic E-state index is 10.4. The number of piperazine rings is 1. The number of carbonyl (C=O) groups is 2. The van der Waals surface area contributed by atoms with E-state index in [2.05, 4.69) is 24.2 Å². The minimum atomic E-state index is -0.0770. The first-order valence-electron chi connectivity index (χ1n) is 7.44. The molecule has 1 saturated heterocycles. The zero-order chi connectivity index (χ0) is 15.4. The molecule has 118 valence electrons. The van der Waals surface area contributed by atoms with Crippen molar-refractivity contribution < 1.29 is 9.59 Å². The van der Waals surface area contributed by atoms with Crippen molar-refractivity contribution >= 4 is 12.3 Å². The number of rotatable bonds is 6. The first-order valence-corrected chi connectivity index (χ1v) is 7.44. The lowest BCUT2D eigenvalue weighted by molar-refractivity contribution is -0.121. The Morgan fingerprint density at radius 1 is 1.30 bits per heavy atom. The van der Waals surface area contributed by atoms with Gasteiger partial charge in [-0.15, -0.1) is 0 Å². The molecule has 0 unspecified atom stereocenters. The Kier molecular flexibility index (Phi) is 11.0. The van der Waals surface area contributed by atoms with Crippen LogP contribution in [0.15, 0.2) is 0 Å². The summed E-state index contributed by atoms with van der Waals surface area (Å²) in [6, 6.07) is 0. The lowest BCUT2D eigenvalue weighted by Crippen LogP contribution is -2.46. The highest BCUT2D eigenvalue weighted by molar-refractivity contribution is 5.74. The topological polar surface area (TPSA) is 78.7 Å². The Labute approximate surface area is 122 Å². The van der Waals surface area contributed by atoms with E-state index in [1.807, 2.05) is 11.8 Å². The molecular weight excluding hydrogens is 256 g/mol.